The number of fused-ring (bicyclic) bond motifs is 1. The fraction of sp³-hybridized carbons (Fsp3) is 0.375. The quantitative estimate of drug-likeness (QED) is 0.735. The largest absolute Gasteiger partial charge is 0.341 e. The van der Waals surface area contributed by atoms with Crippen LogP contribution < -0.4 is 0 Å². The van der Waals surface area contributed by atoms with Gasteiger partial charge in [-0.25, -0.2) is 14.6 Å². The lowest BCUT2D eigenvalue weighted by Gasteiger charge is -2.16. The van der Waals surface area contributed by atoms with Gasteiger partial charge in [0.15, 0.2) is 5.65 Å². The van der Waals surface area contributed by atoms with E-state index in [0.29, 0.717) is 5.92 Å². The van der Waals surface area contributed by atoms with Gasteiger partial charge in [0.1, 0.15) is 6.54 Å². The van der Waals surface area contributed by atoms with Gasteiger partial charge in [0.25, 0.3) is 0 Å². The minimum atomic E-state index is 0.113. The van der Waals surface area contributed by atoms with Gasteiger partial charge in [0.05, 0.1) is 11.2 Å². The Balaban J connectivity index is 1.40. The highest BCUT2D eigenvalue weighted by atomic mass is 32.1. The number of rotatable bonds is 4. The summed E-state index contributed by atoms with van der Waals surface area (Å²) in [6.07, 6.45) is 7.33. The van der Waals surface area contributed by atoms with E-state index in [4.69, 9.17) is 0 Å². The molecule has 1 aliphatic rings. The van der Waals surface area contributed by atoms with Gasteiger partial charge < -0.3 is 4.90 Å². The Bertz CT molecular complexity index is 813. The SMILES string of the molecule is O=C(Cn1ncc2cccnc21)N1CCC(Cc2nccs2)C1. The summed E-state index contributed by atoms with van der Waals surface area (Å²) in [5.41, 5.74) is 0.763. The molecule has 0 spiro atoms. The van der Waals surface area contributed by atoms with Gasteiger partial charge in [-0.3, -0.25) is 4.79 Å². The Morgan fingerprint density at radius 2 is 2.30 bits per heavy atom. The van der Waals surface area contributed by atoms with Crippen LogP contribution in [-0.4, -0.2) is 43.6 Å². The highest BCUT2D eigenvalue weighted by Crippen LogP contribution is 2.22. The molecule has 0 saturated carbocycles. The van der Waals surface area contributed by atoms with E-state index in [1.807, 2.05) is 28.6 Å². The standard InChI is InChI=1S/C16H17N5OS/c22-15(11-21-16-13(9-19-21)2-1-4-18-16)20-6-3-12(10-20)8-14-17-5-7-23-14/h1-2,4-5,7,9,12H,3,6,8,10-11H2. The van der Waals surface area contributed by atoms with Gasteiger partial charge in [-0.1, -0.05) is 0 Å². The molecular formula is C16H17N5OS. The molecule has 0 bridgehead atoms. The Morgan fingerprint density at radius 3 is 3.17 bits per heavy atom. The summed E-state index contributed by atoms with van der Waals surface area (Å²) in [5, 5.41) is 8.41. The number of hydrogen-bond donors (Lipinski definition) is 0. The number of carbonyl (C=O) groups excluding carboxylic acids is 1. The summed E-state index contributed by atoms with van der Waals surface area (Å²) in [5.74, 6) is 0.625. The molecule has 3 aromatic rings. The van der Waals surface area contributed by atoms with Crippen molar-refractivity contribution >= 4 is 28.3 Å². The molecule has 7 heteroatoms. The van der Waals surface area contributed by atoms with Gasteiger partial charge >= 0.3 is 0 Å². The first-order valence-electron chi connectivity index (χ1n) is 7.72. The summed E-state index contributed by atoms with van der Waals surface area (Å²) < 4.78 is 1.69. The molecule has 4 heterocycles. The zero-order valence-corrected chi connectivity index (χ0v) is 13.4. The van der Waals surface area contributed by atoms with E-state index < -0.39 is 0 Å². The maximum absolute atomic E-state index is 12.5. The number of pyridine rings is 1. The van der Waals surface area contributed by atoms with E-state index >= 15 is 0 Å². The lowest BCUT2D eigenvalue weighted by Crippen LogP contribution is -2.32. The van der Waals surface area contributed by atoms with E-state index in [2.05, 4.69) is 15.1 Å². The Hall–Kier alpha value is -2.28. The second kappa shape index (κ2) is 6.08. The number of hydrogen-bond acceptors (Lipinski definition) is 5. The molecule has 1 amide bonds. The maximum Gasteiger partial charge on any atom is 0.244 e. The maximum atomic E-state index is 12.5. The average molecular weight is 327 g/mol. The van der Waals surface area contributed by atoms with Crippen molar-refractivity contribution in [2.24, 2.45) is 5.92 Å². The summed E-state index contributed by atoms with van der Waals surface area (Å²) in [6.45, 7) is 1.89. The molecule has 23 heavy (non-hydrogen) atoms. The summed E-state index contributed by atoms with van der Waals surface area (Å²) in [6, 6.07) is 3.83. The highest BCUT2D eigenvalue weighted by Gasteiger charge is 2.27. The summed E-state index contributed by atoms with van der Waals surface area (Å²) >= 11 is 1.69. The lowest BCUT2D eigenvalue weighted by molar-refractivity contribution is -0.131. The molecule has 4 rings (SSSR count). The third kappa shape index (κ3) is 2.96. The molecule has 3 aromatic heterocycles. The first-order chi connectivity index (χ1) is 11.3. The lowest BCUT2D eigenvalue weighted by atomic mass is 10.1. The molecule has 1 aliphatic heterocycles. The van der Waals surface area contributed by atoms with Crippen molar-refractivity contribution < 1.29 is 4.79 Å². The van der Waals surface area contributed by atoms with Gasteiger partial charge in [-0.2, -0.15) is 5.10 Å². The molecule has 0 aliphatic carbocycles. The van der Waals surface area contributed by atoms with E-state index in [1.54, 1.807) is 28.4 Å². The Labute approximate surface area is 137 Å². The normalized spacial score (nSPS) is 17.9. The van der Waals surface area contributed by atoms with Crippen LogP contribution in [0.2, 0.25) is 0 Å². The molecule has 0 aromatic carbocycles. The van der Waals surface area contributed by atoms with Crippen LogP contribution in [0.4, 0.5) is 0 Å². The van der Waals surface area contributed by atoms with Crippen LogP contribution in [-0.2, 0) is 17.8 Å². The topological polar surface area (TPSA) is 63.9 Å². The molecular weight excluding hydrogens is 310 g/mol. The first kappa shape index (κ1) is 14.3. The van der Waals surface area contributed by atoms with Crippen LogP contribution in [0.25, 0.3) is 11.0 Å². The molecule has 1 unspecified atom stereocenters. The van der Waals surface area contributed by atoms with Crippen molar-refractivity contribution in [3.63, 3.8) is 0 Å². The van der Waals surface area contributed by atoms with Crippen molar-refractivity contribution in [3.8, 4) is 0 Å². The van der Waals surface area contributed by atoms with Gasteiger partial charge in [-0.05, 0) is 24.5 Å². The highest BCUT2D eigenvalue weighted by molar-refractivity contribution is 7.09. The number of amides is 1. The third-order valence-corrected chi connectivity index (χ3v) is 5.07. The van der Waals surface area contributed by atoms with Crippen LogP contribution in [0, 0.1) is 5.92 Å². The van der Waals surface area contributed by atoms with Gasteiger partial charge in [-0.15, -0.1) is 11.3 Å². The number of nitrogens with zero attached hydrogens (tertiary/aromatic N) is 5. The second-order valence-electron chi connectivity index (χ2n) is 5.84. The molecule has 0 N–H and O–H groups in total. The van der Waals surface area contributed by atoms with Crippen molar-refractivity contribution in [2.45, 2.75) is 19.4 Å². The van der Waals surface area contributed by atoms with Crippen molar-refractivity contribution in [1.82, 2.24) is 24.6 Å². The number of carbonyl (C=O) groups is 1. The van der Waals surface area contributed by atoms with Crippen LogP contribution in [0.15, 0.2) is 36.1 Å². The zero-order valence-electron chi connectivity index (χ0n) is 12.6. The van der Waals surface area contributed by atoms with Crippen LogP contribution >= 0.6 is 11.3 Å². The molecule has 0 radical (unpaired) electrons. The molecule has 1 saturated heterocycles. The minimum absolute atomic E-state index is 0.113. The fourth-order valence-corrected chi connectivity index (χ4v) is 3.82. The molecule has 6 nitrogen and oxygen atoms in total. The van der Waals surface area contributed by atoms with Crippen LogP contribution in [0.3, 0.4) is 0 Å². The second-order valence-corrected chi connectivity index (χ2v) is 6.82. The summed E-state index contributed by atoms with van der Waals surface area (Å²) in [4.78, 5) is 23.1. The van der Waals surface area contributed by atoms with Crippen molar-refractivity contribution in [3.05, 3.63) is 41.1 Å². The predicted molar refractivity (Wildman–Crippen MR) is 88.0 cm³/mol. The first-order valence-corrected chi connectivity index (χ1v) is 8.60. The minimum Gasteiger partial charge on any atom is -0.341 e. The molecule has 1 atom stereocenters. The summed E-state index contributed by atoms with van der Waals surface area (Å²) in [7, 11) is 0. The number of aromatic nitrogens is 4. The van der Waals surface area contributed by atoms with E-state index in [9.17, 15) is 4.79 Å². The van der Waals surface area contributed by atoms with Crippen LogP contribution in [0.1, 0.15) is 11.4 Å². The van der Waals surface area contributed by atoms with E-state index in [1.165, 1.54) is 0 Å². The fourth-order valence-electron chi connectivity index (χ4n) is 3.08. The molecule has 118 valence electrons. The van der Waals surface area contributed by atoms with E-state index in [-0.39, 0.29) is 12.5 Å². The van der Waals surface area contributed by atoms with Crippen molar-refractivity contribution in [2.75, 3.05) is 13.1 Å². The predicted octanol–water partition coefficient (Wildman–Crippen LogP) is 1.98. The smallest absolute Gasteiger partial charge is 0.244 e. The number of likely N-dealkylation sites (tertiary alicyclic amines) is 1. The van der Waals surface area contributed by atoms with E-state index in [0.717, 1.165) is 42.0 Å². The van der Waals surface area contributed by atoms with Gasteiger partial charge in [0.2, 0.25) is 5.91 Å². The Morgan fingerprint density at radius 1 is 1.35 bits per heavy atom. The number of thiazole rings is 1. The Kier molecular flexibility index (Phi) is 3.78. The monoisotopic (exact) mass is 327 g/mol. The zero-order chi connectivity index (χ0) is 15.6. The molecule has 1 fully saturated rings. The average Bonchev–Trinajstić information content (AvgIpc) is 3.29. The van der Waals surface area contributed by atoms with Crippen molar-refractivity contribution in [1.29, 1.82) is 0 Å². The van der Waals surface area contributed by atoms with Gasteiger partial charge in [0, 0.05) is 42.7 Å². The van der Waals surface area contributed by atoms with Crippen LogP contribution in [0.5, 0.6) is 0 Å². The third-order valence-electron chi connectivity index (χ3n) is 4.27.